The predicted octanol–water partition coefficient (Wildman–Crippen LogP) is 2.31. The molecule has 1 aromatic rings. The van der Waals surface area contributed by atoms with Crippen LogP contribution in [0.1, 0.15) is 25.5 Å². The van der Waals surface area contributed by atoms with Crippen LogP contribution in [0.15, 0.2) is 21.8 Å². The minimum atomic E-state index is -0.996. The van der Waals surface area contributed by atoms with Gasteiger partial charge in [0.1, 0.15) is 10.9 Å². The molecule has 1 aliphatic heterocycles. The molecule has 6 heteroatoms. The van der Waals surface area contributed by atoms with Crippen LogP contribution in [0.4, 0.5) is 0 Å². The normalized spacial score (nSPS) is 26.7. The maximum atomic E-state index is 11.9. The summed E-state index contributed by atoms with van der Waals surface area (Å²) in [5.41, 5.74) is 0.667. The Balaban J connectivity index is 2.39. The number of ether oxygens (including phenoxy) is 1. The van der Waals surface area contributed by atoms with Crippen molar-refractivity contribution >= 4 is 33.7 Å². The molecule has 17 heavy (non-hydrogen) atoms. The average molecular weight is 318 g/mol. The molecule has 2 unspecified atom stereocenters. The van der Waals surface area contributed by atoms with Crippen molar-refractivity contribution in [3.63, 3.8) is 0 Å². The molecule has 1 aliphatic rings. The fraction of sp³-hybridized carbons (Fsp3) is 0.455. The highest BCUT2D eigenvalue weighted by molar-refractivity contribution is 9.10. The maximum absolute atomic E-state index is 11.9. The number of carbonyl (C=O) groups is 1. The maximum Gasteiger partial charge on any atom is 0.325 e. The van der Waals surface area contributed by atoms with E-state index in [4.69, 9.17) is 4.74 Å². The van der Waals surface area contributed by atoms with E-state index in [1.165, 1.54) is 11.8 Å². The number of hydrogen-bond donors (Lipinski definition) is 1. The summed E-state index contributed by atoms with van der Waals surface area (Å²) in [6.07, 6.45) is 2.34. The number of rotatable bonds is 2. The minimum Gasteiger partial charge on any atom is -0.465 e. The zero-order valence-electron chi connectivity index (χ0n) is 9.44. The average Bonchev–Trinajstić information content (AvgIpc) is 2.56. The number of nitrogens with zero attached hydrogens (tertiary/aromatic N) is 1. The molecule has 92 valence electrons. The van der Waals surface area contributed by atoms with Gasteiger partial charge in [-0.3, -0.25) is 9.78 Å². The van der Waals surface area contributed by atoms with Gasteiger partial charge in [0.2, 0.25) is 0 Å². The SMILES string of the molecule is CCOC(=O)C1(C)Sc2c(Br)cncc2C1O. The van der Waals surface area contributed by atoms with Gasteiger partial charge >= 0.3 is 5.97 Å². The third-order valence-corrected chi connectivity index (χ3v) is 5.03. The molecule has 2 rings (SSSR count). The number of pyridine rings is 1. The summed E-state index contributed by atoms with van der Waals surface area (Å²) < 4.78 is 4.80. The summed E-state index contributed by atoms with van der Waals surface area (Å²) in [6, 6.07) is 0. The predicted molar refractivity (Wildman–Crippen MR) is 67.8 cm³/mol. The van der Waals surface area contributed by atoms with Crippen LogP contribution in [0.2, 0.25) is 0 Å². The lowest BCUT2D eigenvalue weighted by atomic mass is 9.98. The highest BCUT2D eigenvalue weighted by atomic mass is 79.9. The van der Waals surface area contributed by atoms with Crippen molar-refractivity contribution in [3.05, 3.63) is 22.4 Å². The van der Waals surface area contributed by atoms with Crippen LogP contribution in [-0.2, 0) is 9.53 Å². The van der Waals surface area contributed by atoms with Crippen molar-refractivity contribution < 1.29 is 14.6 Å². The summed E-state index contributed by atoms with van der Waals surface area (Å²) in [6.45, 7) is 3.74. The minimum absolute atomic E-state index is 0.303. The number of thioether (sulfide) groups is 1. The van der Waals surface area contributed by atoms with Crippen molar-refractivity contribution in [3.8, 4) is 0 Å². The summed E-state index contributed by atoms with van der Waals surface area (Å²) in [4.78, 5) is 16.8. The molecule has 0 bridgehead atoms. The van der Waals surface area contributed by atoms with Gasteiger partial charge < -0.3 is 9.84 Å². The van der Waals surface area contributed by atoms with Gasteiger partial charge in [-0.2, -0.15) is 0 Å². The monoisotopic (exact) mass is 317 g/mol. The fourth-order valence-corrected chi connectivity index (χ4v) is 3.56. The molecule has 0 radical (unpaired) electrons. The molecular weight excluding hydrogens is 306 g/mol. The Hall–Kier alpha value is -0.590. The third kappa shape index (κ3) is 1.98. The second kappa shape index (κ2) is 4.59. The van der Waals surface area contributed by atoms with Gasteiger partial charge in [-0.15, -0.1) is 11.8 Å². The van der Waals surface area contributed by atoms with E-state index < -0.39 is 16.8 Å². The molecular formula is C11H12BrNO3S. The lowest BCUT2D eigenvalue weighted by molar-refractivity contribution is -0.148. The van der Waals surface area contributed by atoms with E-state index in [0.717, 1.165) is 9.37 Å². The van der Waals surface area contributed by atoms with Gasteiger partial charge in [0, 0.05) is 27.3 Å². The van der Waals surface area contributed by atoms with E-state index in [2.05, 4.69) is 20.9 Å². The molecule has 0 aliphatic carbocycles. The number of halogens is 1. The number of esters is 1. The molecule has 0 saturated carbocycles. The number of aliphatic hydroxyl groups is 1. The van der Waals surface area contributed by atoms with Crippen molar-refractivity contribution in [2.75, 3.05) is 6.61 Å². The molecule has 0 saturated heterocycles. The Morgan fingerprint density at radius 3 is 3.00 bits per heavy atom. The summed E-state index contributed by atoms with van der Waals surface area (Å²) in [7, 11) is 0. The van der Waals surface area contributed by atoms with Crippen LogP contribution in [0.3, 0.4) is 0 Å². The number of fused-ring (bicyclic) bond motifs is 1. The van der Waals surface area contributed by atoms with Crippen molar-refractivity contribution in [2.45, 2.75) is 29.6 Å². The molecule has 0 amide bonds. The first-order chi connectivity index (χ1) is 8.00. The number of carbonyl (C=O) groups excluding carboxylic acids is 1. The quantitative estimate of drug-likeness (QED) is 0.848. The van der Waals surface area contributed by atoms with Gasteiger partial charge in [-0.25, -0.2) is 0 Å². The largest absolute Gasteiger partial charge is 0.465 e. The van der Waals surface area contributed by atoms with Gasteiger partial charge in [-0.1, -0.05) is 0 Å². The lowest BCUT2D eigenvalue weighted by Crippen LogP contribution is -2.36. The van der Waals surface area contributed by atoms with Crippen LogP contribution in [0.25, 0.3) is 0 Å². The highest BCUT2D eigenvalue weighted by Gasteiger charge is 2.50. The van der Waals surface area contributed by atoms with Crippen molar-refractivity contribution in [2.24, 2.45) is 0 Å². The summed E-state index contributed by atoms with van der Waals surface area (Å²) in [5, 5.41) is 10.2. The molecule has 0 aromatic carbocycles. The Morgan fingerprint density at radius 1 is 1.71 bits per heavy atom. The smallest absolute Gasteiger partial charge is 0.325 e. The summed E-state index contributed by atoms with van der Waals surface area (Å²) >= 11 is 4.68. The van der Waals surface area contributed by atoms with Crippen LogP contribution in [-0.4, -0.2) is 27.4 Å². The van der Waals surface area contributed by atoms with Crippen LogP contribution < -0.4 is 0 Å². The summed E-state index contributed by atoms with van der Waals surface area (Å²) in [5.74, 6) is -0.402. The Bertz CT molecular complexity index is 468. The first kappa shape index (κ1) is 12.9. The van der Waals surface area contributed by atoms with Gasteiger partial charge in [0.05, 0.1) is 6.61 Å². The standard InChI is InChI=1S/C11H12BrNO3S/c1-3-16-10(15)11(2)9(14)6-4-13-5-7(12)8(6)17-11/h4-5,9,14H,3H2,1-2H3. The number of aromatic nitrogens is 1. The first-order valence-electron chi connectivity index (χ1n) is 5.18. The molecule has 1 aromatic heterocycles. The molecule has 0 spiro atoms. The number of hydrogen-bond acceptors (Lipinski definition) is 5. The van der Waals surface area contributed by atoms with Gasteiger partial charge in [0.15, 0.2) is 0 Å². The Labute approximate surface area is 112 Å². The molecule has 4 nitrogen and oxygen atoms in total. The van der Waals surface area contributed by atoms with E-state index in [1.54, 1.807) is 26.2 Å². The molecule has 1 N–H and O–H groups in total. The Morgan fingerprint density at radius 2 is 2.41 bits per heavy atom. The van der Waals surface area contributed by atoms with Crippen LogP contribution in [0.5, 0.6) is 0 Å². The van der Waals surface area contributed by atoms with Gasteiger partial charge in [0.25, 0.3) is 0 Å². The van der Waals surface area contributed by atoms with E-state index >= 15 is 0 Å². The highest BCUT2D eigenvalue weighted by Crippen LogP contribution is 2.54. The Kier molecular flexibility index (Phi) is 3.47. The van der Waals surface area contributed by atoms with Gasteiger partial charge in [-0.05, 0) is 29.8 Å². The zero-order valence-corrected chi connectivity index (χ0v) is 11.8. The third-order valence-electron chi connectivity index (χ3n) is 2.69. The van der Waals surface area contributed by atoms with E-state index in [1.807, 2.05) is 0 Å². The zero-order chi connectivity index (χ0) is 12.6. The first-order valence-corrected chi connectivity index (χ1v) is 6.79. The molecule has 0 fully saturated rings. The topological polar surface area (TPSA) is 59.4 Å². The fourth-order valence-electron chi connectivity index (χ4n) is 1.73. The van der Waals surface area contributed by atoms with E-state index in [9.17, 15) is 9.90 Å². The van der Waals surface area contributed by atoms with Crippen molar-refractivity contribution in [1.82, 2.24) is 4.98 Å². The molecule has 2 heterocycles. The number of aliphatic hydroxyl groups excluding tert-OH is 1. The van der Waals surface area contributed by atoms with Crippen molar-refractivity contribution in [1.29, 1.82) is 0 Å². The molecule has 2 atom stereocenters. The van der Waals surface area contributed by atoms with E-state index in [-0.39, 0.29) is 0 Å². The second-order valence-electron chi connectivity index (χ2n) is 3.87. The van der Waals surface area contributed by atoms with Crippen LogP contribution >= 0.6 is 27.7 Å². The second-order valence-corrected chi connectivity index (χ2v) is 6.19. The van der Waals surface area contributed by atoms with E-state index in [0.29, 0.717) is 12.2 Å². The lowest BCUT2D eigenvalue weighted by Gasteiger charge is -2.24. The van der Waals surface area contributed by atoms with Crippen LogP contribution in [0, 0.1) is 0 Å².